The summed E-state index contributed by atoms with van der Waals surface area (Å²) >= 11 is 0. The van der Waals surface area contributed by atoms with E-state index in [1.54, 1.807) is 6.92 Å². The van der Waals surface area contributed by atoms with Crippen molar-refractivity contribution in [2.45, 2.75) is 38.1 Å². The van der Waals surface area contributed by atoms with E-state index in [-0.39, 0.29) is 46.4 Å². The molecule has 0 N–H and O–H groups in total. The lowest BCUT2D eigenvalue weighted by atomic mass is 10.2. The number of aryl methyl sites for hydroxylation is 1. The van der Waals surface area contributed by atoms with Crippen molar-refractivity contribution < 1.29 is 30.0 Å². The van der Waals surface area contributed by atoms with Gasteiger partial charge in [0.2, 0.25) is 26.0 Å². The monoisotopic (exact) mass is 464 g/mol. The van der Waals surface area contributed by atoms with Crippen LogP contribution in [0, 0.1) is 12.8 Å². The van der Waals surface area contributed by atoms with Crippen molar-refractivity contribution in [2.24, 2.45) is 5.92 Å². The molecule has 0 bridgehead atoms. The number of benzene rings is 1. The highest BCUT2D eigenvalue weighted by Gasteiger charge is 2.43. The molecule has 1 amide bonds. The molecular weight excluding hydrogens is 440 g/mol. The van der Waals surface area contributed by atoms with Crippen LogP contribution < -0.4 is 4.31 Å². The van der Waals surface area contributed by atoms with Crippen molar-refractivity contribution in [3.63, 3.8) is 0 Å². The number of carbonyl (C=O) groups excluding carboxylic acids is 1. The molecule has 29 heavy (non-hydrogen) atoms. The lowest BCUT2D eigenvalue weighted by Crippen LogP contribution is -2.41. The molecule has 0 saturated carbocycles. The van der Waals surface area contributed by atoms with Crippen LogP contribution in [0.2, 0.25) is 0 Å². The Morgan fingerprint density at radius 2 is 1.83 bits per heavy atom. The first-order valence-electron chi connectivity index (χ1n) is 9.20. The zero-order chi connectivity index (χ0) is 21.8. The minimum atomic E-state index is -3.99. The van der Waals surface area contributed by atoms with Crippen molar-refractivity contribution in [2.75, 3.05) is 28.1 Å². The van der Waals surface area contributed by atoms with Gasteiger partial charge in [-0.2, -0.15) is 4.31 Å². The standard InChI is InChI=1S/C17H24N2O7S3/c1-4-18(15-7-8-27(21,22)11-15)29(25,26)16-6-5-14(9-12(16)2)19-17(20)13(3)10-28(19,23)24/h5-6,9,13,15H,4,7-8,10-11H2,1-3H3. The predicted molar refractivity (Wildman–Crippen MR) is 108 cm³/mol. The van der Waals surface area contributed by atoms with Gasteiger partial charge in [-0.15, -0.1) is 0 Å². The van der Waals surface area contributed by atoms with Crippen LogP contribution in [0.4, 0.5) is 5.69 Å². The summed E-state index contributed by atoms with van der Waals surface area (Å²) in [5.41, 5.74) is 0.381. The van der Waals surface area contributed by atoms with Gasteiger partial charge in [0.25, 0.3) is 0 Å². The van der Waals surface area contributed by atoms with Gasteiger partial charge in [0, 0.05) is 12.6 Å². The highest BCUT2D eigenvalue weighted by molar-refractivity contribution is 7.94. The van der Waals surface area contributed by atoms with E-state index in [4.69, 9.17) is 0 Å². The van der Waals surface area contributed by atoms with Gasteiger partial charge >= 0.3 is 0 Å². The summed E-state index contributed by atoms with van der Waals surface area (Å²) in [6.07, 6.45) is 0.241. The van der Waals surface area contributed by atoms with Gasteiger partial charge in [0.1, 0.15) is 0 Å². The molecule has 12 heteroatoms. The van der Waals surface area contributed by atoms with E-state index in [1.807, 2.05) is 0 Å². The molecule has 1 aromatic carbocycles. The zero-order valence-corrected chi connectivity index (χ0v) is 18.8. The maximum absolute atomic E-state index is 13.2. The van der Waals surface area contributed by atoms with Crippen LogP contribution in [0.1, 0.15) is 25.8 Å². The molecule has 1 aromatic rings. The number of anilines is 1. The van der Waals surface area contributed by atoms with Crippen LogP contribution in [0.15, 0.2) is 23.1 Å². The summed E-state index contributed by atoms with van der Waals surface area (Å²) in [7, 11) is -11.0. The van der Waals surface area contributed by atoms with Gasteiger partial charge in [-0.25, -0.2) is 29.6 Å². The second-order valence-corrected chi connectivity index (χ2v) is 13.4. The van der Waals surface area contributed by atoms with E-state index in [0.717, 1.165) is 4.31 Å². The molecule has 0 spiro atoms. The molecule has 2 fully saturated rings. The molecule has 9 nitrogen and oxygen atoms in total. The van der Waals surface area contributed by atoms with E-state index >= 15 is 0 Å². The lowest BCUT2D eigenvalue weighted by molar-refractivity contribution is -0.119. The minimum absolute atomic E-state index is 0.0375. The Bertz CT molecular complexity index is 1160. The van der Waals surface area contributed by atoms with Crippen LogP contribution in [-0.4, -0.2) is 65.3 Å². The molecular formula is C17H24N2O7S3. The average Bonchev–Trinajstić information content (AvgIpc) is 3.03. The quantitative estimate of drug-likeness (QED) is 0.621. The number of rotatable bonds is 5. The third-order valence-corrected chi connectivity index (χ3v) is 11.1. The summed E-state index contributed by atoms with van der Waals surface area (Å²) in [4.78, 5) is 12.2. The largest absolute Gasteiger partial charge is 0.273 e. The van der Waals surface area contributed by atoms with E-state index in [0.29, 0.717) is 0 Å². The first-order valence-corrected chi connectivity index (χ1v) is 14.1. The van der Waals surface area contributed by atoms with E-state index < -0.39 is 47.8 Å². The van der Waals surface area contributed by atoms with Crippen LogP contribution in [-0.2, 0) is 34.7 Å². The number of carbonyl (C=O) groups is 1. The number of sulfonamides is 2. The van der Waals surface area contributed by atoms with Crippen molar-refractivity contribution >= 4 is 41.5 Å². The van der Waals surface area contributed by atoms with Crippen LogP contribution in [0.3, 0.4) is 0 Å². The van der Waals surface area contributed by atoms with Crippen molar-refractivity contribution in [3.05, 3.63) is 23.8 Å². The molecule has 0 radical (unpaired) electrons. The highest BCUT2D eigenvalue weighted by atomic mass is 32.2. The third kappa shape index (κ3) is 3.94. The highest BCUT2D eigenvalue weighted by Crippen LogP contribution is 2.32. The summed E-state index contributed by atoms with van der Waals surface area (Å²) in [6, 6.07) is 3.31. The summed E-state index contributed by atoms with van der Waals surface area (Å²) in [5.74, 6) is -1.76. The van der Waals surface area contributed by atoms with Crippen molar-refractivity contribution in [3.8, 4) is 0 Å². The van der Waals surface area contributed by atoms with Gasteiger partial charge in [-0.1, -0.05) is 13.8 Å². The molecule has 162 valence electrons. The van der Waals surface area contributed by atoms with Gasteiger partial charge in [-0.05, 0) is 37.1 Å². The van der Waals surface area contributed by atoms with E-state index in [9.17, 15) is 30.0 Å². The first-order chi connectivity index (χ1) is 13.3. The van der Waals surface area contributed by atoms with Gasteiger partial charge in [-0.3, -0.25) is 4.79 Å². The smallest absolute Gasteiger partial charge is 0.244 e. The predicted octanol–water partition coefficient (Wildman–Crippen LogP) is 0.505. The van der Waals surface area contributed by atoms with Gasteiger partial charge in [0.05, 0.1) is 33.8 Å². The number of amides is 1. The van der Waals surface area contributed by atoms with E-state index in [2.05, 4.69) is 0 Å². The SMILES string of the molecule is CCN(C1CCS(=O)(=O)C1)S(=O)(=O)c1ccc(N2C(=O)C(C)CS2(=O)=O)cc1C. The van der Waals surface area contributed by atoms with Gasteiger partial charge in [0.15, 0.2) is 9.84 Å². The van der Waals surface area contributed by atoms with Crippen LogP contribution in [0.25, 0.3) is 0 Å². The fourth-order valence-electron chi connectivity index (χ4n) is 3.89. The molecule has 2 atom stereocenters. The maximum Gasteiger partial charge on any atom is 0.244 e. The molecule has 3 rings (SSSR count). The van der Waals surface area contributed by atoms with Crippen LogP contribution in [0.5, 0.6) is 0 Å². The van der Waals surface area contributed by atoms with Crippen LogP contribution >= 0.6 is 0 Å². The van der Waals surface area contributed by atoms with Crippen molar-refractivity contribution in [1.29, 1.82) is 0 Å². The summed E-state index contributed by atoms with van der Waals surface area (Å²) < 4.78 is 76.4. The minimum Gasteiger partial charge on any atom is -0.273 e. The fraction of sp³-hybridized carbons (Fsp3) is 0.588. The fourth-order valence-corrected chi connectivity index (χ4v) is 9.40. The molecule has 2 unspecified atom stereocenters. The zero-order valence-electron chi connectivity index (χ0n) is 16.4. The molecule has 0 aliphatic carbocycles. The normalized spacial score (nSPS) is 26.3. The number of nitrogens with zero attached hydrogens (tertiary/aromatic N) is 2. The molecule has 0 aromatic heterocycles. The molecule has 2 aliphatic rings. The lowest BCUT2D eigenvalue weighted by Gasteiger charge is -2.27. The summed E-state index contributed by atoms with van der Waals surface area (Å²) in [5, 5.41) is 0. The Balaban J connectivity index is 1.98. The first kappa shape index (κ1) is 22.2. The Hall–Kier alpha value is -1.50. The number of hydrogen-bond donors (Lipinski definition) is 0. The Labute approximate surface area is 171 Å². The Kier molecular flexibility index (Phi) is 5.61. The molecule has 2 aliphatic heterocycles. The maximum atomic E-state index is 13.2. The average molecular weight is 465 g/mol. The number of hydrogen-bond acceptors (Lipinski definition) is 7. The Morgan fingerprint density at radius 1 is 1.17 bits per heavy atom. The third-order valence-electron chi connectivity index (χ3n) is 5.27. The van der Waals surface area contributed by atoms with E-state index in [1.165, 1.54) is 36.4 Å². The summed E-state index contributed by atoms with van der Waals surface area (Å²) in [6.45, 7) is 4.80. The molecule has 2 saturated heterocycles. The molecule has 2 heterocycles. The second-order valence-electron chi connectivity index (χ2n) is 7.50. The van der Waals surface area contributed by atoms with Gasteiger partial charge < -0.3 is 0 Å². The second kappa shape index (κ2) is 7.33. The number of sulfone groups is 1. The Morgan fingerprint density at radius 3 is 2.28 bits per heavy atom. The topological polar surface area (TPSA) is 126 Å². The van der Waals surface area contributed by atoms with Crippen molar-refractivity contribution in [1.82, 2.24) is 4.31 Å².